The Morgan fingerprint density at radius 3 is 2.69 bits per heavy atom. The summed E-state index contributed by atoms with van der Waals surface area (Å²) in [7, 11) is 0. The van der Waals surface area contributed by atoms with Gasteiger partial charge in [0.1, 0.15) is 5.75 Å². The zero-order chi connectivity index (χ0) is 12.0. The Labute approximate surface area is 93.0 Å². The minimum absolute atomic E-state index is 0.0619. The third-order valence-corrected chi connectivity index (χ3v) is 1.86. The fourth-order valence-corrected chi connectivity index (χ4v) is 1.08. The Hall–Kier alpha value is -2.04. The molecule has 1 amide bonds. The van der Waals surface area contributed by atoms with Crippen molar-refractivity contribution in [2.75, 3.05) is 0 Å². The summed E-state index contributed by atoms with van der Waals surface area (Å²) in [6.07, 6.45) is 0.881. The number of amides is 1. The van der Waals surface area contributed by atoms with Crippen molar-refractivity contribution in [1.82, 2.24) is 5.48 Å². The van der Waals surface area contributed by atoms with Crippen molar-refractivity contribution >= 4 is 11.9 Å². The van der Waals surface area contributed by atoms with E-state index in [4.69, 9.17) is 0 Å². The summed E-state index contributed by atoms with van der Waals surface area (Å²) in [6.45, 7) is 1.83. The van der Waals surface area contributed by atoms with Crippen molar-refractivity contribution in [2.24, 2.45) is 0 Å². The van der Waals surface area contributed by atoms with Crippen LogP contribution in [0, 0.1) is 0 Å². The fraction of sp³-hybridized carbons (Fsp3) is 0.273. The van der Waals surface area contributed by atoms with E-state index in [1.165, 1.54) is 12.1 Å². The standard InChI is InChI=1S/C11H13NO4/c1-2-5-10(14)16-12-11(15)8-6-3-4-7-9(8)13/h3-4,6-7,13H,2,5H2,1H3,(H,12,15). The summed E-state index contributed by atoms with van der Waals surface area (Å²) in [6, 6.07) is 6.00. The van der Waals surface area contributed by atoms with Gasteiger partial charge in [0.2, 0.25) is 0 Å². The van der Waals surface area contributed by atoms with Crippen LogP contribution in [0.2, 0.25) is 0 Å². The Bertz CT molecular complexity index is 389. The van der Waals surface area contributed by atoms with E-state index in [1.807, 2.05) is 12.4 Å². The van der Waals surface area contributed by atoms with Gasteiger partial charge in [-0.05, 0) is 18.6 Å². The van der Waals surface area contributed by atoms with Crippen LogP contribution < -0.4 is 5.48 Å². The fourth-order valence-electron chi connectivity index (χ4n) is 1.08. The smallest absolute Gasteiger partial charge is 0.332 e. The maximum Gasteiger partial charge on any atom is 0.332 e. The number of hydrogen-bond acceptors (Lipinski definition) is 4. The number of para-hydroxylation sites is 1. The van der Waals surface area contributed by atoms with Crippen LogP contribution in [0.1, 0.15) is 30.1 Å². The molecule has 0 aliphatic carbocycles. The largest absolute Gasteiger partial charge is 0.507 e. The number of phenolic OH excluding ortho intramolecular Hbond substituents is 1. The predicted octanol–water partition coefficient (Wildman–Crippen LogP) is 1.38. The molecule has 1 aromatic rings. The van der Waals surface area contributed by atoms with E-state index in [0.29, 0.717) is 6.42 Å². The van der Waals surface area contributed by atoms with Gasteiger partial charge in [0, 0.05) is 6.42 Å². The molecule has 1 aromatic carbocycles. The molecule has 16 heavy (non-hydrogen) atoms. The van der Waals surface area contributed by atoms with Crippen molar-refractivity contribution < 1.29 is 19.5 Å². The molecule has 5 nitrogen and oxygen atoms in total. The molecule has 0 unspecified atom stereocenters. The Kier molecular flexibility index (Phi) is 4.32. The molecule has 1 rings (SSSR count). The maximum absolute atomic E-state index is 11.4. The third kappa shape index (κ3) is 3.27. The highest BCUT2D eigenvalue weighted by Gasteiger charge is 2.11. The molecule has 0 fully saturated rings. The van der Waals surface area contributed by atoms with Crippen LogP contribution in [0.4, 0.5) is 0 Å². The minimum Gasteiger partial charge on any atom is -0.507 e. The summed E-state index contributed by atoms with van der Waals surface area (Å²) in [5, 5.41) is 9.35. The summed E-state index contributed by atoms with van der Waals surface area (Å²) in [5.74, 6) is -1.32. The quantitative estimate of drug-likeness (QED) is 0.759. The summed E-state index contributed by atoms with van der Waals surface area (Å²) >= 11 is 0. The number of rotatable bonds is 3. The highest BCUT2D eigenvalue weighted by atomic mass is 16.7. The van der Waals surface area contributed by atoms with Crippen LogP contribution >= 0.6 is 0 Å². The highest BCUT2D eigenvalue weighted by Crippen LogP contribution is 2.14. The highest BCUT2D eigenvalue weighted by molar-refractivity contribution is 5.96. The lowest BCUT2D eigenvalue weighted by Crippen LogP contribution is -2.26. The molecule has 0 aromatic heterocycles. The van der Waals surface area contributed by atoms with Gasteiger partial charge in [-0.2, -0.15) is 5.48 Å². The second-order valence-corrected chi connectivity index (χ2v) is 3.17. The van der Waals surface area contributed by atoms with Gasteiger partial charge in [-0.3, -0.25) is 4.79 Å². The van der Waals surface area contributed by atoms with Crippen molar-refractivity contribution in [3.8, 4) is 5.75 Å². The number of phenols is 1. The van der Waals surface area contributed by atoms with E-state index in [-0.39, 0.29) is 17.7 Å². The molecule has 0 aliphatic heterocycles. The summed E-state index contributed by atoms with van der Waals surface area (Å²) in [4.78, 5) is 26.9. The number of aromatic hydroxyl groups is 1. The van der Waals surface area contributed by atoms with Crippen LogP contribution in [-0.2, 0) is 9.63 Å². The van der Waals surface area contributed by atoms with Crippen LogP contribution in [0.15, 0.2) is 24.3 Å². The molecule has 2 N–H and O–H groups in total. The van der Waals surface area contributed by atoms with E-state index in [2.05, 4.69) is 4.84 Å². The Morgan fingerprint density at radius 2 is 2.06 bits per heavy atom. The van der Waals surface area contributed by atoms with E-state index >= 15 is 0 Å². The van der Waals surface area contributed by atoms with Gasteiger partial charge in [-0.1, -0.05) is 19.1 Å². The molecule has 0 atom stereocenters. The van der Waals surface area contributed by atoms with E-state index in [0.717, 1.165) is 0 Å². The molecule has 0 aliphatic rings. The molecule has 0 saturated carbocycles. The predicted molar refractivity (Wildman–Crippen MR) is 56.6 cm³/mol. The topological polar surface area (TPSA) is 75.6 Å². The maximum atomic E-state index is 11.4. The molecule has 0 bridgehead atoms. The van der Waals surface area contributed by atoms with Gasteiger partial charge in [0.15, 0.2) is 0 Å². The zero-order valence-electron chi connectivity index (χ0n) is 8.90. The van der Waals surface area contributed by atoms with E-state index in [1.54, 1.807) is 12.1 Å². The minimum atomic E-state index is -0.650. The van der Waals surface area contributed by atoms with Crippen LogP contribution in [0.5, 0.6) is 5.75 Å². The van der Waals surface area contributed by atoms with E-state index < -0.39 is 11.9 Å². The first-order chi connectivity index (χ1) is 7.65. The van der Waals surface area contributed by atoms with Gasteiger partial charge in [0.25, 0.3) is 5.91 Å². The van der Waals surface area contributed by atoms with E-state index in [9.17, 15) is 14.7 Å². The van der Waals surface area contributed by atoms with Gasteiger partial charge in [-0.25, -0.2) is 4.79 Å². The van der Waals surface area contributed by atoms with Crippen LogP contribution in [0.3, 0.4) is 0 Å². The van der Waals surface area contributed by atoms with Gasteiger partial charge < -0.3 is 9.94 Å². The molecular weight excluding hydrogens is 210 g/mol. The second kappa shape index (κ2) is 5.75. The first-order valence-electron chi connectivity index (χ1n) is 4.93. The Balaban J connectivity index is 2.54. The number of carbonyl (C=O) groups excluding carboxylic acids is 2. The first-order valence-corrected chi connectivity index (χ1v) is 4.93. The SMILES string of the molecule is CCCC(=O)ONC(=O)c1ccccc1O. The lowest BCUT2D eigenvalue weighted by Gasteiger charge is -2.06. The lowest BCUT2D eigenvalue weighted by atomic mass is 10.2. The van der Waals surface area contributed by atoms with Crippen LogP contribution in [0.25, 0.3) is 0 Å². The number of carbonyl (C=O) groups is 2. The first kappa shape index (κ1) is 12.0. The van der Waals surface area contributed by atoms with Gasteiger partial charge in [-0.15, -0.1) is 0 Å². The second-order valence-electron chi connectivity index (χ2n) is 3.17. The molecule has 0 saturated heterocycles. The molecule has 0 heterocycles. The zero-order valence-corrected chi connectivity index (χ0v) is 8.90. The Morgan fingerprint density at radius 1 is 1.38 bits per heavy atom. The molecule has 0 spiro atoms. The van der Waals surface area contributed by atoms with Crippen molar-refractivity contribution in [1.29, 1.82) is 0 Å². The molecular formula is C11H13NO4. The lowest BCUT2D eigenvalue weighted by molar-refractivity contribution is -0.149. The van der Waals surface area contributed by atoms with Crippen molar-refractivity contribution in [2.45, 2.75) is 19.8 Å². The number of hydrogen-bond donors (Lipinski definition) is 2. The monoisotopic (exact) mass is 223 g/mol. The molecule has 0 radical (unpaired) electrons. The van der Waals surface area contributed by atoms with Crippen LogP contribution in [-0.4, -0.2) is 17.0 Å². The number of hydroxylamine groups is 1. The average Bonchev–Trinajstić information content (AvgIpc) is 2.27. The molecule has 86 valence electrons. The molecule has 5 heteroatoms. The third-order valence-electron chi connectivity index (χ3n) is 1.86. The number of nitrogens with one attached hydrogen (secondary N) is 1. The summed E-state index contributed by atoms with van der Waals surface area (Å²) in [5.41, 5.74) is 2.04. The number of benzene rings is 1. The average molecular weight is 223 g/mol. The van der Waals surface area contributed by atoms with Crippen molar-refractivity contribution in [3.63, 3.8) is 0 Å². The van der Waals surface area contributed by atoms with Gasteiger partial charge in [0.05, 0.1) is 5.56 Å². The van der Waals surface area contributed by atoms with Crippen molar-refractivity contribution in [3.05, 3.63) is 29.8 Å². The van der Waals surface area contributed by atoms with Gasteiger partial charge >= 0.3 is 5.97 Å². The normalized spacial score (nSPS) is 9.56. The summed E-state index contributed by atoms with van der Waals surface area (Å²) < 4.78 is 0.